The van der Waals surface area contributed by atoms with Crippen LogP contribution in [0.4, 0.5) is 5.69 Å². The minimum absolute atomic E-state index is 0.191. The molecule has 0 saturated carbocycles. The molecule has 0 bridgehead atoms. The highest BCUT2D eigenvalue weighted by atomic mass is 16.3. The summed E-state index contributed by atoms with van der Waals surface area (Å²) in [6.07, 6.45) is 0.472. The van der Waals surface area contributed by atoms with Crippen molar-refractivity contribution in [1.82, 2.24) is 4.90 Å². The van der Waals surface area contributed by atoms with Gasteiger partial charge in [-0.2, -0.15) is 0 Å². The predicted molar refractivity (Wildman–Crippen MR) is 87.0 cm³/mol. The van der Waals surface area contributed by atoms with Crippen LogP contribution in [0.25, 0.3) is 0 Å². The molecule has 0 aliphatic carbocycles. The molecule has 0 aromatic heterocycles. The molecule has 1 N–H and O–H groups in total. The Bertz CT molecular complexity index is 617. The molecule has 1 heterocycles. The number of phenolic OH excluding ortho intramolecular Hbond substituents is 1. The van der Waals surface area contributed by atoms with Gasteiger partial charge in [0.1, 0.15) is 5.75 Å². The van der Waals surface area contributed by atoms with E-state index in [0.29, 0.717) is 6.42 Å². The fraction of sp³-hybridized carbons (Fsp3) is 0.278. The summed E-state index contributed by atoms with van der Waals surface area (Å²) in [5.74, 6) is 0.469. The number of aromatic hydroxyl groups is 1. The molecule has 1 fully saturated rings. The van der Waals surface area contributed by atoms with Crippen molar-refractivity contribution in [3.8, 4) is 5.75 Å². The molecule has 1 aliphatic rings. The Hall–Kier alpha value is -2.49. The summed E-state index contributed by atoms with van der Waals surface area (Å²) in [7, 11) is 0. The summed E-state index contributed by atoms with van der Waals surface area (Å²) < 4.78 is 0. The topological polar surface area (TPSA) is 43.8 Å². The van der Waals surface area contributed by atoms with E-state index in [9.17, 15) is 9.90 Å². The minimum atomic E-state index is 0.191. The molecular weight excluding hydrogens is 276 g/mol. The number of hydrogen-bond donors (Lipinski definition) is 1. The average molecular weight is 296 g/mol. The van der Waals surface area contributed by atoms with E-state index in [1.165, 1.54) is 0 Å². The second kappa shape index (κ2) is 6.52. The number of benzene rings is 2. The second-order valence-corrected chi connectivity index (χ2v) is 5.55. The molecule has 114 valence electrons. The standard InChI is InChI=1S/C18H20N2O2/c21-17-8-6-16(7-9-17)19-10-12-20(13-11-19)18(22)14-15-4-2-1-3-5-15/h1-9,21H,10-14H2. The van der Waals surface area contributed by atoms with Gasteiger partial charge in [-0.3, -0.25) is 4.79 Å². The maximum Gasteiger partial charge on any atom is 0.227 e. The van der Waals surface area contributed by atoms with E-state index < -0.39 is 0 Å². The Labute approximate surface area is 130 Å². The molecular formula is C18H20N2O2. The van der Waals surface area contributed by atoms with Crippen LogP contribution in [0.3, 0.4) is 0 Å². The summed E-state index contributed by atoms with van der Waals surface area (Å²) in [5, 5.41) is 9.34. The summed E-state index contributed by atoms with van der Waals surface area (Å²) in [6.45, 7) is 3.13. The first-order valence-corrected chi connectivity index (χ1v) is 7.58. The van der Waals surface area contributed by atoms with Gasteiger partial charge in [-0.15, -0.1) is 0 Å². The van der Waals surface area contributed by atoms with Gasteiger partial charge < -0.3 is 14.9 Å². The van der Waals surface area contributed by atoms with E-state index >= 15 is 0 Å². The van der Waals surface area contributed by atoms with Gasteiger partial charge in [0.15, 0.2) is 0 Å². The van der Waals surface area contributed by atoms with Gasteiger partial charge in [-0.05, 0) is 29.8 Å². The molecule has 1 saturated heterocycles. The van der Waals surface area contributed by atoms with E-state index in [2.05, 4.69) is 4.90 Å². The lowest BCUT2D eigenvalue weighted by atomic mass is 10.1. The highest BCUT2D eigenvalue weighted by molar-refractivity contribution is 5.79. The normalized spacial score (nSPS) is 14.9. The van der Waals surface area contributed by atoms with Gasteiger partial charge in [0.05, 0.1) is 6.42 Å². The Morgan fingerprint density at radius 3 is 2.18 bits per heavy atom. The lowest BCUT2D eigenvalue weighted by molar-refractivity contribution is -0.130. The van der Waals surface area contributed by atoms with Crippen molar-refractivity contribution in [2.75, 3.05) is 31.1 Å². The SMILES string of the molecule is O=C(Cc1ccccc1)N1CCN(c2ccc(O)cc2)CC1. The number of carbonyl (C=O) groups is 1. The highest BCUT2D eigenvalue weighted by Crippen LogP contribution is 2.20. The van der Waals surface area contributed by atoms with Crippen LogP contribution in [0.2, 0.25) is 0 Å². The molecule has 22 heavy (non-hydrogen) atoms. The molecule has 3 rings (SSSR count). The quantitative estimate of drug-likeness (QED) is 0.945. The summed E-state index contributed by atoms with van der Waals surface area (Å²) >= 11 is 0. The van der Waals surface area contributed by atoms with Gasteiger partial charge in [0, 0.05) is 31.9 Å². The Balaban J connectivity index is 1.55. The molecule has 2 aromatic carbocycles. The fourth-order valence-electron chi connectivity index (χ4n) is 2.76. The summed E-state index contributed by atoms with van der Waals surface area (Å²) in [6, 6.07) is 17.1. The van der Waals surface area contributed by atoms with Gasteiger partial charge in [-0.25, -0.2) is 0 Å². The lowest BCUT2D eigenvalue weighted by Crippen LogP contribution is -2.49. The van der Waals surface area contributed by atoms with Crippen molar-refractivity contribution >= 4 is 11.6 Å². The van der Waals surface area contributed by atoms with Crippen LogP contribution in [0.15, 0.2) is 54.6 Å². The van der Waals surface area contributed by atoms with Crippen molar-refractivity contribution in [3.05, 3.63) is 60.2 Å². The van der Waals surface area contributed by atoms with Crippen molar-refractivity contribution in [2.45, 2.75) is 6.42 Å². The van der Waals surface area contributed by atoms with Crippen LogP contribution in [0, 0.1) is 0 Å². The summed E-state index contributed by atoms with van der Waals surface area (Å²) in [5.41, 5.74) is 2.15. The number of rotatable bonds is 3. The van der Waals surface area contributed by atoms with E-state index in [1.54, 1.807) is 12.1 Å². The maximum atomic E-state index is 12.3. The number of nitrogens with zero attached hydrogens (tertiary/aromatic N) is 2. The van der Waals surface area contributed by atoms with Crippen LogP contribution in [0.5, 0.6) is 5.75 Å². The Kier molecular flexibility index (Phi) is 4.28. The van der Waals surface area contributed by atoms with Gasteiger partial charge in [-0.1, -0.05) is 30.3 Å². The van der Waals surface area contributed by atoms with Crippen LogP contribution in [-0.4, -0.2) is 42.1 Å². The third-order valence-corrected chi connectivity index (χ3v) is 4.05. The largest absolute Gasteiger partial charge is 0.508 e. The Morgan fingerprint density at radius 2 is 1.55 bits per heavy atom. The number of carbonyl (C=O) groups excluding carboxylic acids is 1. The van der Waals surface area contributed by atoms with E-state index in [1.807, 2.05) is 47.4 Å². The molecule has 0 unspecified atom stereocenters. The number of hydrogen-bond acceptors (Lipinski definition) is 3. The monoisotopic (exact) mass is 296 g/mol. The molecule has 4 heteroatoms. The fourth-order valence-corrected chi connectivity index (χ4v) is 2.76. The average Bonchev–Trinajstić information content (AvgIpc) is 2.57. The summed E-state index contributed by atoms with van der Waals surface area (Å²) in [4.78, 5) is 16.5. The number of phenols is 1. The molecule has 1 amide bonds. The molecule has 2 aromatic rings. The Morgan fingerprint density at radius 1 is 0.909 bits per heavy atom. The van der Waals surface area contributed by atoms with Crippen molar-refractivity contribution in [2.24, 2.45) is 0 Å². The van der Waals surface area contributed by atoms with Gasteiger partial charge in [0.2, 0.25) is 5.91 Å². The van der Waals surface area contributed by atoms with Crippen molar-refractivity contribution in [3.63, 3.8) is 0 Å². The van der Waals surface area contributed by atoms with E-state index in [0.717, 1.165) is 37.4 Å². The highest BCUT2D eigenvalue weighted by Gasteiger charge is 2.21. The van der Waals surface area contributed by atoms with E-state index in [-0.39, 0.29) is 11.7 Å². The van der Waals surface area contributed by atoms with Crippen LogP contribution in [0.1, 0.15) is 5.56 Å². The number of piperazine rings is 1. The maximum absolute atomic E-state index is 12.3. The first-order chi connectivity index (χ1) is 10.7. The van der Waals surface area contributed by atoms with Gasteiger partial charge >= 0.3 is 0 Å². The third kappa shape index (κ3) is 3.39. The first-order valence-electron chi connectivity index (χ1n) is 7.58. The number of anilines is 1. The lowest BCUT2D eigenvalue weighted by Gasteiger charge is -2.36. The van der Waals surface area contributed by atoms with Gasteiger partial charge in [0.25, 0.3) is 0 Å². The zero-order valence-corrected chi connectivity index (χ0v) is 12.5. The molecule has 0 atom stereocenters. The second-order valence-electron chi connectivity index (χ2n) is 5.55. The molecule has 1 aliphatic heterocycles. The van der Waals surface area contributed by atoms with E-state index in [4.69, 9.17) is 0 Å². The molecule has 4 nitrogen and oxygen atoms in total. The van der Waals surface area contributed by atoms with Crippen molar-refractivity contribution in [1.29, 1.82) is 0 Å². The zero-order valence-electron chi connectivity index (χ0n) is 12.5. The van der Waals surface area contributed by atoms with Crippen LogP contribution < -0.4 is 4.90 Å². The smallest absolute Gasteiger partial charge is 0.227 e. The molecule has 0 spiro atoms. The first kappa shape index (κ1) is 14.4. The predicted octanol–water partition coefficient (Wildman–Crippen LogP) is 2.28. The third-order valence-electron chi connectivity index (χ3n) is 4.05. The zero-order chi connectivity index (χ0) is 15.4. The van der Waals surface area contributed by atoms with Crippen LogP contribution >= 0.6 is 0 Å². The van der Waals surface area contributed by atoms with Crippen LogP contribution in [-0.2, 0) is 11.2 Å². The minimum Gasteiger partial charge on any atom is -0.508 e. The van der Waals surface area contributed by atoms with Crippen molar-refractivity contribution < 1.29 is 9.90 Å². The number of amides is 1. The molecule has 0 radical (unpaired) electrons.